The first kappa shape index (κ1) is 13.2. The van der Waals surface area contributed by atoms with Crippen molar-refractivity contribution in [2.24, 2.45) is 5.92 Å². The number of nitrogens with one attached hydrogen (secondary N) is 1. The predicted octanol–water partition coefficient (Wildman–Crippen LogP) is 3.06. The fourth-order valence-electron chi connectivity index (χ4n) is 5.96. The summed E-state index contributed by atoms with van der Waals surface area (Å²) in [6.07, 6.45) is 9.90. The Hall–Kier alpha value is -1.22. The van der Waals surface area contributed by atoms with Crippen LogP contribution in [0.2, 0.25) is 0 Å². The number of ether oxygens (including phenoxy) is 1. The van der Waals surface area contributed by atoms with Crippen LogP contribution in [-0.2, 0) is 18.3 Å². The molecule has 22 heavy (non-hydrogen) atoms. The van der Waals surface area contributed by atoms with Crippen LogP contribution in [0.1, 0.15) is 55.2 Å². The maximum Gasteiger partial charge on any atom is 0.164 e. The van der Waals surface area contributed by atoms with Crippen molar-refractivity contribution in [1.82, 2.24) is 5.32 Å². The zero-order chi connectivity index (χ0) is 14.7. The maximum absolute atomic E-state index is 10.6. The molecule has 2 N–H and O–H groups in total. The van der Waals surface area contributed by atoms with Crippen LogP contribution in [0.3, 0.4) is 0 Å². The highest BCUT2D eigenvalue weighted by Gasteiger charge is 2.52. The number of piperidine rings is 1. The molecule has 1 saturated heterocycles. The monoisotopic (exact) mass is 299 g/mol. The lowest BCUT2D eigenvalue weighted by atomic mass is 9.52. The molecule has 2 fully saturated rings. The van der Waals surface area contributed by atoms with Crippen LogP contribution in [-0.4, -0.2) is 24.3 Å². The van der Waals surface area contributed by atoms with Gasteiger partial charge in [-0.25, -0.2) is 0 Å². The molecule has 1 aromatic rings. The van der Waals surface area contributed by atoms with E-state index < -0.39 is 0 Å². The normalized spacial score (nSPS) is 35.8. The molecule has 2 bridgehead atoms. The van der Waals surface area contributed by atoms with Gasteiger partial charge in [0.2, 0.25) is 0 Å². The fraction of sp³-hybridized carbons (Fsp3) is 0.684. The van der Waals surface area contributed by atoms with Gasteiger partial charge < -0.3 is 15.2 Å². The van der Waals surface area contributed by atoms with E-state index in [1.165, 1.54) is 48.8 Å². The Bertz CT molecular complexity index is 622. The average molecular weight is 299 g/mol. The van der Waals surface area contributed by atoms with Crippen LogP contribution in [0.15, 0.2) is 6.07 Å². The molecule has 0 unspecified atom stereocenters. The molecular weight excluding hydrogens is 274 g/mol. The van der Waals surface area contributed by atoms with Crippen molar-refractivity contribution < 1.29 is 9.84 Å². The van der Waals surface area contributed by atoms with Gasteiger partial charge >= 0.3 is 0 Å². The molecular formula is C19H25NO2. The minimum Gasteiger partial charge on any atom is -0.504 e. The van der Waals surface area contributed by atoms with Gasteiger partial charge in [-0.15, -0.1) is 0 Å². The number of fused-ring (bicyclic) bond motifs is 3. The zero-order valence-electron chi connectivity index (χ0n) is 13.2. The molecule has 4 aliphatic rings. The molecule has 1 aromatic carbocycles. The highest BCUT2D eigenvalue weighted by Crippen LogP contribution is 2.56. The minimum atomic E-state index is 0.325. The first-order valence-corrected chi connectivity index (χ1v) is 9.04. The lowest BCUT2D eigenvalue weighted by molar-refractivity contribution is 0.0787. The summed E-state index contributed by atoms with van der Waals surface area (Å²) in [5.41, 5.74) is 4.64. The topological polar surface area (TPSA) is 41.5 Å². The molecule has 0 amide bonds. The van der Waals surface area contributed by atoms with E-state index in [1.54, 1.807) is 0 Å². The molecule has 5 rings (SSSR count). The highest BCUT2D eigenvalue weighted by atomic mass is 16.5. The van der Waals surface area contributed by atoms with E-state index in [9.17, 15) is 5.11 Å². The van der Waals surface area contributed by atoms with Crippen LogP contribution in [0.5, 0.6) is 11.5 Å². The van der Waals surface area contributed by atoms with Crippen molar-refractivity contribution in [3.8, 4) is 11.5 Å². The van der Waals surface area contributed by atoms with E-state index >= 15 is 0 Å². The van der Waals surface area contributed by atoms with Crippen LogP contribution in [0.25, 0.3) is 0 Å². The third-order valence-corrected chi connectivity index (χ3v) is 6.82. The second-order valence-corrected chi connectivity index (χ2v) is 7.70. The van der Waals surface area contributed by atoms with E-state index in [-0.39, 0.29) is 0 Å². The predicted molar refractivity (Wildman–Crippen MR) is 85.7 cm³/mol. The minimum absolute atomic E-state index is 0.325. The first-order valence-electron chi connectivity index (χ1n) is 9.04. The number of phenols is 1. The number of benzene rings is 1. The summed E-state index contributed by atoms with van der Waals surface area (Å²) in [6.45, 7) is 1.88. The van der Waals surface area contributed by atoms with Crippen LogP contribution in [0.4, 0.5) is 0 Å². The molecule has 2 heterocycles. The van der Waals surface area contributed by atoms with Gasteiger partial charge in [-0.05, 0) is 68.2 Å². The molecule has 0 spiro atoms. The van der Waals surface area contributed by atoms with Gasteiger partial charge in [0, 0.05) is 17.0 Å². The van der Waals surface area contributed by atoms with Crippen molar-refractivity contribution >= 4 is 0 Å². The largest absolute Gasteiger partial charge is 0.504 e. The molecule has 118 valence electrons. The van der Waals surface area contributed by atoms with Gasteiger partial charge in [0.25, 0.3) is 0 Å². The van der Waals surface area contributed by atoms with Crippen molar-refractivity contribution in [2.75, 3.05) is 13.2 Å². The van der Waals surface area contributed by atoms with E-state index in [1.807, 2.05) is 0 Å². The summed E-state index contributed by atoms with van der Waals surface area (Å²) in [4.78, 5) is 0. The van der Waals surface area contributed by atoms with Gasteiger partial charge in [0.05, 0.1) is 6.61 Å². The standard InChI is InChI=1S/C19H25NO2/c21-17-11-15-13(12-4-3-9-22-18(12)17)10-16-14-5-1-2-6-19(14,15)7-8-20-16/h11,14,16,20-21H,1-10H2/t14-,16+,19+/m1/s1. The summed E-state index contributed by atoms with van der Waals surface area (Å²) < 4.78 is 5.81. The molecule has 0 aromatic heterocycles. The Morgan fingerprint density at radius 1 is 1.18 bits per heavy atom. The molecule has 2 aliphatic heterocycles. The second kappa shape index (κ2) is 4.64. The van der Waals surface area contributed by atoms with Gasteiger partial charge in [-0.1, -0.05) is 12.8 Å². The molecule has 3 atom stereocenters. The number of phenolic OH excluding ortho intramolecular Hbond substituents is 1. The van der Waals surface area contributed by atoms with Crippen molar-refractivity contribution in [2.45, 2.75) is 62.8 Å². The van der Waals surface area contributed by atoms with Gasteiger partial charge in [-0.2, -0.15) is 0 Å². The van der Waals surface area contributed by atoms with Crippen molar-refractivity contribution in [1.29, 1.82) is 0 Å². The molecule has 1 saturated carbocycles. The Morgan fingerprint density at radius 3 is 3.09 bits per heavy atom. The first-order chi connectivity index (χ1) is 10.8. The third-order valence-electron chi connectivity index (χ3n) is 6.82. The fourth-order valence-corrected chi connectivity index (χ4v) is 5.96. The van der Waals surface area contributed by atoms with Crippen LogP contribution >= 0.6 is 0 Å². The summed E-state index contributed by atoms with van der Waals surface area (Å²) in [5, 5.41) is 14.4. The highest BCUT2D eigenvalue weighted by molar-refractivity contribution is 5.58. The molecule has 3 nitrogen and oxygen atoms in total. The van der Waals surface area contributed by atoms with Crippen molar-refractivity contribution in [3.63, 3.8) is 0 Å². The average Bonchev–Trinajstić information content (AvgIpc) is 2.56. The molecule has 3 heteroatoms. The second-order valence-electron chi connectivity index (χ2n) is 7.70. The smallest absolute Gasteiger partial charge is 0.164 e. The SMILES string of the molecule is Oc1cc2c(c3c1OCCC3)C[C@@H]1NCC[C@]23CCCC[C@H]13. The summed E-state index contributed by atoms with van der Waals surface area (Å²) in [5.74, 6) is 1.95. The lowest BCUT2D eigenvalue weighted by Gasteiger charge is -2.56. The summed E-state index contributed by atoms with van der Waals surface area (Å²) in [7, 11) is 0. The third kappa shape index (κ3) is 1.61. The van der Waals surface area contributed by atoms with Crippen molar-refractivity contribution in [3.05, 3.63) is 22.8 Å². The number of rotatable bonds is 0. The van der Waals surface area contributed by atoms with Gasteiger partial charge in [-0.3, -0.25) is 0 Å². The number of hydrogen-bond donors (Lipinski definition) is 2. The Labute approximate surface area is 132 Å². The number of hydrogen-bond acceptors (Lipinski definition) is 3. The maximum atomic E-state index is 10.6. The van der Waals surface area contributed by atoms with Gasteiger partial charge in [0.15, 0.2) is 11.5 Å². The van der Waals surface area contributed by atoms with Gasteiger partial charge in [0.1, 0.15) is 0 Å². The summed E-state index contributed by atoms with van der Waals surface area (Å²) in [6, 6.07) is 2.72. The lowest BCUT2D eigenvalue weighted by Crippen LogP contribution is -2.59. The van der Waals surface area contributed by atoms with Crippen LogP contribution in [0, 0.1) is 5.92 Å². The number of aromatic hydroxyl groups is 1. The van der Waals surface area contributed by atoms with E-state index in [0.29, 0.717) is 17.2 Å². The Morgan fingerprint density at radius 2 is 2.14 bits per heavy atom. The summed E-state index contributed by atoms with van der Waals surface area (Å²) >= 11 is 0. The van der Waals surface area contributed by atoms with E-state index in [4.69, 9.17) is 4.74 Å². The van der Waals surface area contributed by atoms with Crippen LogP contribution < -0.4 is 10.1 Å². The van der Waals surface area contributed by atoms with E-state index in [2.05, 4.69) is 11.4 Å². The molecule has 0 radical (unpaired) electrons. The Kier molecular flexibility index (Phi) is 2.79. The van der Waals surface area contributed by atoms with E-state index in [0.717, 1.165) is 44.1 Å². The Balaban J connectivity index is 1.75. The molecule has 2 aliphatic carbocycles. The zero-order valence-corrected chi connectivity index (χ0v) is 13.2. The quantitative estimate of drug-likeness (QED) is 0.773.